The van der Waals surface area contributed by atoms with Crippen molar-refractivity contribution in [3.8, 4) is 0 Å². The van der Waals surface area contributed by atoms with E-state index in [2.05, 4.69) is 5.32 Å². The topological polar surface area (TPSA) is 86.8 Å². The van der Waals surface area contributed by atoms with Gasteiger partial charge in [0.1, 0.15) is 12.6 Å². The van der Waals surface area contributed by atoms with Crippen LogP contribution in [-0.4, -0.2) is 43.8 Å². The van der Waals surface area contributed by atoms with E-state index in [1.54, 1.807) is 44.2 Å². The first kappa shape index (κ1) is 28.2. The van der Waals surface area contributed by atoms with E-state index in [4.69, 9.17) is 11.6 Å². The second kappa shape index (κ2) is 12.3. The molecule has 37 heavy (non-hydrogen) atoms. The van der Waals surface area contributed by atoms with Crippen LogP contribution in [0, 0.1) is 6.92 Å². The van der Waals surface area contributed by atoms with Gasteiger partial charge in [-0.05, 0) is 63.1 Å². The van der Waals surface area contributed by atoms with Crippen LogP contribution >= 0.6 is 11.6 Å². The van der Waals surface area contributed by atoms with Crippen LogP contribution in [0.5, 0.6) is 0 Å². The van der Waals surface area contributed by atoms with Gasteiger partial charge in [-0.3, -0.25) is 13.9 Å². The third kappa shape index (κ3) is 7.11. The molecule has 0 fully saturated rings. The number of benzene rings is 3. The lowest BCUT2D eigenvalue weighted by Crippen LogP contribution is -2.52. The molecule has 196 valence electrons. The van der Waals surface area contributed by atoms with Gasteiger partial charge >= 0.3 is 0 Å². The van der Waals surface area contributed by atoms with Crippen LogP contribution in [0.4, 0.5) is 5.69 Å². The first-order valence-corrected chi connectivity index (χ1v) is 13.8. The molecular weight excluding hydrogens is 510 g/mol. The van der Waals surface area contributed by atoms with Gasteiger partial charge in [-0.1, -0.05) is 66.2 Å². The zero-order chi connectivity index (χ0) is 27.2. The standard InChI is InChI=1S/C28H32ClN3O4S/c1-20(2)30-28(34)22(4)31(18-23-11-7-5-8-12-23)27(33)19-32(26-17-24(29)16-15-21(26)3)37(35,36)25-13-9-6-10-14-25/h5-17,20,22H,18-19H2,1-4H3,(H,30,34)/t22-/m1/s1. The van der Waals surface area contributed by atoms with E-state index >= 15 is 0 Å². The maximum Gasteiger partial charge on any atom is 0.264 e. The highest BCUT2D eigenvalue weighted by Crippen LogP contribution is 2.30. The number of hydrogen-bond donors (Lipinski definition) is 1. The van der Waals surface area contributed by atoms with Crippen molar-refractivity contribution in [2.24, 2.45) is 0 Å². The Balaban J connectivity index is 2.05. The van der Waals surface area contributed by atoms with Crippen LogP contribution in [0.1, 0.15) is 31.9 Å². The molecule has 0 aliphatic heterocycles. The van der Waals surface area contributed by atoms with Crippen LogP contribution < -0.4 is 9.62 Å². The van der Waals surface area contributed by atoms with E-state index in [1.165, 1.54) is 23.1 Å². The Hall–Kier alpha value is -3.36. The molecule has 0 aromatic heterocycles. The number of rotatable bonds is 10. The van der Waals surface area contributed by atoms with E-state index in [9.17, 15) is 18.0 Å². The average Bonchev–Trinajstić information content (AvgIpc) is 2.87. The number of hydrogen-bond acceptors (Lipinski definition) is 4. The Morgan fingerprint density at radius 3 is 2.11 bits per heavy atom. The van der Waals surface area contributed by atoms with Crippen molar-refractivity contribution in [3.63, 3.8) is 0 Å². The molecule has 3 aromatic rings. The molecule has 0 aliphatic carbocycles. The van der Waals surface area contributed by atoms with Crippen molar-refractivity contribution < 1.29 is 18.0 Å². The van der Waals surface area contributed by atoms with Gasteiger partial charge < -0.3 is 10.2 Å². The molecule has 0 saturated heterocycles. The molecule has 2 amide bonds. The molecule has 0 bridgehead atoms. The Kier molecular flexibility index (Phi) is 9.34. The van der Waals surface area contributed by atoms with Crippen LogP contribution in [0.3, 0.4) is 0 Å². The van der Waals surface area contributed by atoms with Gasteiger partial charge in [0.25, 0.3) is 10.0 Å². The van der Waals surface area contributed by atoms with E-state index in [0.717, 1.165) is 9.87 Å². The van der Waals surface area contributed by atoms with E-state index < -0.39 is 28.5 Å². The molecule has 0 unspecified atom stereocenters. The molecule has 0 spiro atoms. The minimum Gasteiger partial charge on any atom is -0.352 e. The second-order valence-corrected chi connectivity index (χ2v) is 11.4. The maximum atomic E-state index is 13.8. The first-order valence-electron chi connectivity index (χ1n) is 12.0. The van der Waals surface area contributed by atoms with E-state index in [0.29, 0.717) is 16.3 Å². The fourth-order valence-corrected chi connectivity index (χ4v) is 5.51. The molecule has 0 saturated carbocycles. The third-order valence-electron chi connectivity index (χ3n) is 5.84. The fraction of sp³-hybridized carbons (Fsp3) is 0.286. The quantitative estimate of drug-likeness (QED) is 0.400. The van der Waals surface area contributed by atoms with Crippen molar-refractivity contribution >= 4 is 39.1 Å². The number of sulfonamides is 1. The summed E-state index contributed by atoms with van der Waals surface area (Å²) in [6.45, 7) is 6.70. The van der Waals surface area contributed by atoms with Crippen molar-refractivity contribution in [1.82, 2.24) is 10.2 Å². The third-order valence-corrected chi connectivity index (χ3v) is 7.85. The van der Waals surface area contributed by atoms with Crippen LogP contribution in [0.25, 0.3) is 0 Å². The van der Waals surface area contributed by atoms with Crippen LogP contribution in [0.15, 0.2) is 83.8 Å². The van der Waals surface area contributed by atoms with Crippen LogP contribution in [-0.2, 0) is 26.2 Å². The summed E-state index contributed by atoms with van der Waals surface area (Å²) >= 11 is 6.23. The first-order chi connectivity index (χ1) is 17.5. The highest BCUT2D eigenvalue weighted by molar-refractivity contribution is 7.92. The predicted octanol–water partition coefficient (Wildman–Crippen LogP) is 4.79. The van der Waals surface area contributed by atoms with Crippen molar-refractivity contribution in [3.05, 3.63) is 95.0 Å². The number of aryl methyl sites for hydroxylation is 1. The van der Waals surface area contributed by atoms with Crippen molar-refractivity contribution in [2.45, 2.75) is 51.2 Å². The summed E-state index contributed by atoms with van der Waals surface area (Å²) in [4.78, 5) is 28.2. The Bertz CT molecular complexity index is 1330. The van der Waals surface area contributed by atoms with Crippen LogP contribution in [0.2, 0.25) is 5.02 Å². The summed E-state index contributed by atoms with van der Waals surface area (Å²) in [5.41, 5.74) is 1.75. The number of halogens is 1. The summed E-state index contributed by atoms with van der Waals surface area (Å²) in [7, 11) is -4.13. The zero-order valence-electron chi connectivity index (χ0n) is 21.4. The molecule has 1 atom stereocenters. The summed E-state index contributed by atoms with van der Waals surface area (Å²) < 4.78 is 28.7. The molecule has 0 heterocycles. The van der Waals surface area contributed by atoms with Gasteiger partial charge in [0.15, 0.2) is 0 Å². The number of anilines is 1. The van der Waals surface area contributed by atoms with Gasteiger partial charge in [-0.15, -0.1) is 0 Å². The van der Waals surface area contributed by atoms with Crippen molar-refractivity contribution in [1.29, 1.82) is 0 Å². The summed E-state index contributed by atoms with van der Waals surface area (Å²) in [6.07, 6.45) is 0. The number of nitrogens with zero attached hydrogens (tertiary/aromatic N) is 2. The summed E-state index contributed by atoms with van der Waals surface area (Å²) in [6, 6.07) is 21.1. The molecule has 0 radical (unpaired) electrons. The Morgan fingerprint density at radius 2 is 1.51 bits per heavy atom. The van der Waals surface area contributed by atoms with Crippen molar-refractivity contribution in [2.75, 3.05) is 10.8 Å². The molecule has 3 aromatic carbocycles. The lowest BCUT2D eigenvalue weighted by molar-refractivity contribution is -0.139. The zero-order valence-corrected chi connectivity index (χ0v) is 23.0. The molecular formula is C28H32ClN3O4S. The van der Waals surface area contributed by atoms with Gasteiger partial charge in [0, 0.05) is 17.6 Å². The lowest BCUT2D eigenvalue weighted by atomic mass is 10.1. The highest BCUT2D eigenvalue weighted by Gasteiger charge is 2.33. The Labute approximate surface area is 224 Å². The minimum absolute atomic E-state index is 0.0439. The smallest absolute Gasteiger partial charge is 0.264 e. The second-order valence-electron chi connectivity index (χ2n) is 9.10. The molecule has 9 heteroatoms. The number of amides is 2. The van der Waals surface area contributed by atoms with Gasteiger partial charge in [-0.25, -0.2) is 8.42 Å². The molecule has 7 nitrogen and oxygen atoms in total. The number of carbonyl (C=O) groups excluding carboxylic acids is 2. The highest BCUT2D eigenvalue weighted by atomic mass is 35.5. The maximum absolute atomic E-state index is 13.8. The molecule has 1 N–H and O–H groups in total. The predicted molar refractivity (Wildman–Crippen MR) is 147 cm³/mol. The normalized spacial score (nSPS) is 12.2. The summed E-state index contributed by atoms with van der Waals surface area (Å²) in [5.74, 6) is -0.843. The SMILES string of the molecule is Cc1ccc(Cl)cc1N(CC(=O)N(Cc1ccccc1)[C@H](C)C(=O)NC(C)C)S(=O)(=O)c1ccccc1. The molecule has 0 aliphatic rings. The van der Waals surface area contributed by atoms with Gasteiger partial charge in [-0.2, -0.15) is 0 Å². The number of carbonyl (C=O) groups is 2. The van der Waals surface area contributed by atoms with Gasteiger partial charge in [0.05, 0.1) is 10.6 Å². The fourth-order valence-electron chi connectivity index (χ4n) is 3.85. The average molecular weight is 542 g/mol. The lowest BCUT2D eigenvalue weighted by Gasteiger charge is -2.32. The summed E-state index contributed by atoms with van der Waals surface area (Å²) in [5, 5.41) is 3.18. The Morgan fingerprint density at radius 1 is 0.919 bits per heavy atom. The molecule has 3 rings (SSSR count). The van der Waals surface area contributed by atoms with E-state index in [-0.39, 0.29) is 23.4 Å². The minimum atomic E-state index is -4.13. The van der Waals surface area contributed by atoms with E-state index in [1.807, 2.05) is 44.2 Å². The largest absolute Gasteiger partial charge is 0.352 e. The monoisotopic (exact) mass is 541 g/mol. The number of nitrogens with one attached hydrogen (secondary N) is 1. The van der Waals surface area contributed by atoms with Gasteiger partial charge in [0.2, 0.25) is 11.8 Å².